The predicted molar refractivity (Wildman–Crippen MR) is 118 cm³/mol. The van der Waals surface area contributed by atoms with Crippen molar-refractivity contribution in [1.82, 2.24) is 4.90 Å². The van der Waals surface area contributed by atoms with Crippen molar-refractivity contribution in [3.63, 3.8) is 0 Å². The van der Waals surface area contributed by atoms with Crippen molar-refractivity contribution >= 4 is 35.1 Å². The number of aliphatic carboxylic acids is 1. The van der Waals surface area contributed by atoms with E-state index in [4.69, 9.17) is 34.5 Å². The van der Waals surface area contributed by atoms with E-state index in [0.717, 1.165) is 5.56 Å². The highest BCUT2D eigenvalue weighted by atomic mass is 35.5. The molecule has 0 aliphatic carbocycles. The lowest BCUT2D eigenvalue weighted by Gasteiger charge is -2.44. The summed E-state index contributed by atoms with van der Waals surface area (Å²) < 4.78 is 6.08. The van der Waals surface area contributed by atoms with Gasteiger partial charge in [0.25, 0.3) is 5.91 Å². The second-order valence-electron chi connectivity index (χ2n) is 7.34. The molecule has 6 nitrogen and oxygen atoms in total. The second-order valence-corrected chi connectivity index (χ2v) is 8.21. The van der Waals surface area contributed by atoms with Gasteiger partial charge in [0.2, 0.25) is 0 Å². The molecule has 0 radical (unpaired) electrons. The molecule has 1 amide bonds. The third kappa shape index (κ3) is 5.19. The van der Waals surface area contributed by atoms with Crippen LogP contribution in [0, 0.1) is 6.57 Å². The Morgan fingerprint density at radius 2 is 1.90 bits per heavy atom. The second kappa shape index (κ2) is 10.1. The Kier molecular flexibility index (Phi) is 7.55. The normalized spacial score (nSPS) is 22.1. The third-order valence-electron chi connectivity index (χ3n) is 5.19. The van der Waals surface area contributed by atoms with Crippen LogP contribution in [-0.4, -0.2) is 34.2 Å². The molecule has 1 heterocycles. The molecule has 4 atom stereocenters. The molecule has 0 spiro atoms. The molecule has 0 bridgehead atoms. The summed E-state index contributed by atoms with van der Waals surface area (Å²) in [6, 6.07) is 13.4. The first-order chi connectivity index (χ1) is 14.8. The maximum Gasteiger partial charge on any atom is 0.306 e. The fourth-order valence-corrected chi connectivity index (χ4v) is 4.17. The van der Waals surface area contributed by atoms with E-state index in [2.05, 4.69) is 4.85 Å². The van der Waals surface area contributed by atoms with Crippen molar-refractivity contribution in [2.75, 3.05) is 0 Å². The van der Waals surface area contributed by atoms with Crippen molar-refractivity contribution in [2.24, 2.45) is 0 Å². The molecule has 0 aromatic heterocycles. The summed E-state index contributed by atoms with van der Waals surface area (Å²) in [5.74, 6) is -1.65. The van der Waals surface area contributed by atoms with Crippen molar-refractivity contribution in [1.29, 1.82) is 0 Å². The summed E-state index contributed by atoms with van der Waals surface area (Å²) >= 11 is 12.3. The molecule has 0 unspecified atom stereocenters. The number of benzene rings is 2. The van der Waals surface area contributed by atoms with Gasteiger partial charge in [-0.2, -0.15) is 0 Å². The first-order valence-corrected chi connectivity index (χ1v) is 10.7. The van der Waals surface area contributed by atoms with Gasteiger partial charge >= 0.3 is 12.1 Å². The quantitative estimate of drug-likeness (QED) is 0.551. The summed E-state index contributed by atoms with van der Waals surface area (Å²) in [4.78, 5) is 30.0. The first-order valence-electron chi connectivity index (χ1n) is 9.92. The highest BCUT2D eigenvalue weighted by Gasteiger charge is 2.49. The van der Waals surface area contributed by atoms with Gasteiger partial charge in [0.1, 0.15) is 12.2 Å². The molecule has 1 fully saturated rings. The van der Waals surface area contributed by atoms with E-state index in [9.17, 15) is 14.7 Å². The van der Waals surface area contributed by atoms with Gasteiger partial charge in [0, 0.05) is 16.5 Å². The molecule has 8 heteroatoms. The number of carbonyl (C=O) groups excluding carboxylic acids is 1. The maximum absolute atomic E-state index is 13.4. The lowest BCUT2D eigenvalue weighted by molar-refractivity contribution is -0.182. The Hall–Kier alpha value is -2.59. The monoisotopic (exact) mass is 460 g/mol. The van der Waals surface area contributed by atoms with E-state index in [-0.39, 0.29) is 0 Å². The molecule has 1 saturated heterocycles. The summed E-state index contributed by atoms with van der Waals surface area (Å²) in [6.45, 7) is 9.65. The highest BCUT2D eigenvalue weighted by molar-refractivity contribution is 6.30. The van der Waals surface area contributed by atoms with Crippen LogP contribution in [0.3, 0.4) is 0 Å². The number of ether oxygens (including phenoxy) is 1. The largest absolute Gasteiger partial charge is 0.481 e. The van der Waals surface area contributed by atoms with Crippen LogP contribution in [0.2, 0.25) is 10.0 Å². The molecule has 0 saturated carbocycles. The Bertz CT molecular complexity index is 990. The van der Waals surface area contributed by atoms with Crippen LogP contribution in [0.1, 0.15) is 49.5 Å². The Balaban J connectivity index is 2.18. The number of carboxylic acids is 1. The number of amides is 1. The summed E-state index contributed by atoms with van der Waals surface area (Å²) in [7, 11) is 0. The van der Waals surface area contributed by atoms with Crippen LogP contribution >= 0.6 is 23.2 Å². The fourth-order valence-electron chi connectivity index (χ4n) is 3.85. The van der Waals surface area contributed by atoms with Crippen LogP contribution < -0.4 is 0 Å². The van der Waals surface area contributed by atoms with Gasteiger partial charge in [-0.1, -0.05) is 54.4 Å². The van der Waals surface area contributed by atoms with Gasteiger partial charge < -0.3 is 9.84 Å². The lowest BCUT2D eigenvalue weighted by atomic mass is 9.90. The Morgan fingerprint density at radius 3 is 2.48 bits per heavy atom. The topological polar surface area (TPSA) is 71.2 Å². The number of hydrogen-bond donors (Lipinski definition) is 1. The fraction of sp³-hybridized carbons (Fsp3) is 0.348. The van der Waals surface area contributed by atoms with Crippen molar-refractivity contribution in [2.45, 2.75) is 50.6 Å². The van der Waals surface area contributed by atoms with E-state index in [0.29, 0.717) is 28.5 Å². The van der Waals surface area contributed by atoms with Gasteiger partial charge in [-0.15, -0.1) is 0 Å². The summed E-state index contributed by atoms with van der Waals surface area (Å²) in [5.41, 5.74) is 1.43. The van der Waals surface area contributed by atoms with Crippen LogP contribution in [0.25, 0.3) is 4.85 Å². The lowest BCUT2D eigenvalue weighted by Crippen LogP contribution is -2.54. The minimum absolute atomic E-state index is 0.460. The molecule has 2 aromatic rings. The molecular weight excluding hydrogens is 439 g/mol. The zero-order valence-corrected chi connectivity index (χ0v) is 18.4. The van der Waals surface area contributed by atoms with Gasteiger partial charge in [-0.25, -0.2) is 6.57 Å². The van der Waals surface area contributed by atoms with Crippen LogP contribution in [-0.2, 0) is 14.3 Å². The average Bonchev–Trinajstić information content (AvgIpc) is 2.74. The molecule has 2 aromatic carbocycles. The van der Waals surface area contributed by atoms with Crippen LogP contribution in [0.4, 0.5) is 0 Å². The van der Waals surface area contributed by atoms with Gasteiger partial charge in [-0.3, -0.25) is 19.3 Å². The number of halogens is 2. The Morgan fingerprint density at radius 1 is 1.19 bits per heavy atom. The Labute approximate surface area is 191 Å². The SMILES string of the molecule is [C-]#[N+][C@H](CCC)N1C(=O)[C@H](CC(=O)O)O[C@@H](c2cccc(Cl)c2)[C@H]1c1ccc(Cl)cc1. The molecule has 1 aliphatic rings. The predicted octanol–water partition coefficient (Wildman–Crippen LogP) is 5.52. The van der Waals surface area contributed by atoms with Gasteiger partial charge in [0.05, 0.1) is 12.5 Å². The van der Waals surface area contributed by atoms with Crippen molar-refractivity contribution < 1.29 is 19.4 Å². The van der Waals surface area contributed by atoms with E-state index in [1.807, 2.05) is 13.0 Å². The number of carboxylic acid groups (broad SMARTS) is 1. The number of hydrogen-bond acceptors (Lipinski definition) is 3. The standard InChI is InChI=1S/C23H22Cl2N2O4/c1-3-5-19(26-2)27-21(14-8-10-16(24)11-9-14)22(15-6-4-7-17(25)12-15)31-18(23(27)30)13-20(28)29/h4,6-12,18-19,21-22H,3,5,13H2,1H3,(H,28,29)/t18-,19-,21+,22-/m0/s1. The van der Waals surface area contributed by atoms with E-state index in [1.165, 1.54) is 4.90 Å². The number of morpholine rings is 1. The molecule has 31 heavy (non-hydrogen) atoms. The maximum atomic E-state index is 13.4. The van der Waals surface area contributed by atoms with Gasteiger partial charge in [0.15, 0.2) is 0 Å². The smallest absolute Gasteiger partial charge is 0.306 e. The average molecular weight is 461 g/mol. The summed E-state index contributed by atoms with van der Waals surface area (Å²) in [5, 5.41) is 10.4. The zero-order chi connectivity index (χ0) is 22.5. The van der Waals surface area contributed by atoms with Crippen molar-refractivity contribution in [3.8, 4) is 0 Å². The minimum atomic E-state index is -1.20. The number of nitrogens with zero attached hydrogens (tertiary/aromatic N) is 2. The van der Waals surface area contributed by atoms with E-state index in [1.54, 1.807) is 42.5 Å². The molecule has 1 aliphatic heterocycles. The molecule has 3 rings (SSSR count). The molecule has 1 N–H and O–H groups in total. The summed E-state index contributed by atoms with van der Waals surface area (Å²) in [6.07, 6.45) is -2.00. The third-order valence-corrected chi connectivity index (χ3v) is 5.68. The van der Waals surface area contributed by atoms with Crippen LogP contribution in [0.5, 0.6) is 0 Å². The van der Waals surface area contributed by atoms with Crippen LogP contribution in [0.15, 0.2) is 48.5 Å². The van der Waals surface area contributed by atoms with Gasteiger partial charge in [-0.05, 0) is 41.8 Å². The minimum Gasteiger partial charge on any atom is -0.481 e. The van der Waals surface area contributed by atoms with Crippen molar-refractivity contribution in [3.05, 3.63) is 81.1 Å². The van der Waals surface area contributed by atoms with E-state index < -0.39 is 42.7 Å². The first kappa shape index (κ1) is 23.1. The highest BCUT2D eigenvalue weighted by Crippen LogP contribution is 2.44. The molecular formula is C23H22Cl2N2O4. The number of carbonyl (C=O) groups is 2. The number of rotatable bonds is 7. The zero-order valence-electron chi connectivity index (χ0n) is 16.9. The molecule has 162 valence electrons. The van der Waals surface area contributed by atoms with E-state index >= 15 is 0 Å².